The van der Waals surface area contributed by atoms with Crippen LogP contribution in [0.4, 0.5) is 11.8 Å². The number of aliphatic hydroxyl groups is 1. The van der Waals surface area contributed by atoms with Gasteiger partial charge in [-0.3, -0.25) is 0 Å². The first-order valence-electron chi connectivity index (χ1n) is 5.86. The third-order valence-corrected chi connectivity index (χ3v) is 4.04. The molecule has 1 aromatic heterocycles. The Morgan fingerprint density at radius 2 is 2.18 bits per heavy atom. The van der Waals surface area contributed by atoms with E-state index in [9.17, 15) is 5.11 Å². The van der Waals surface area contributed by atoms with Gasteiger partial charge in [0.2, 0.25) is 5.95 Å². The highest BCUT2D eigenvalue weighted by atomic mass is 35.5. The zero-order valence-corrected chi connectivity index (χ0v) is 10.1. The lowest BCUT2D eigenvalue weighted by molar-refractivity contribution is 0.133. The first-order valence-corrected chi connectivity index (χ1v) is 6.24. The second-order valence-electron chi connectivity index (χ2n) is 4.88. The summed E-state index contributed by atoms with van der Waals surface area (Å²) < 4.78 is 0. The van der Waals surface area contributed by atoms with Crippen LogP contribution in [0.2, 0.25) is 5.15 Å². The van der Waals surface area contributed by atoms with Gasteiger partial charge in [-0.25, -0.2) is 4.98 Å². The fraction of sp³-hybridized carbons (Fsp3) is 0.636. The highest BCUT2D eigenvalue weighted by Crippen LogP contribution is 2.39. The number of aliphatic hydroxyl groups excluding tert-OH is 1. The van der Waals surface area contributed by atoms with Crippen molar-refractivity contribution >= 4 is 23.4 Å². The molecule has 0 bridgehead atoms. The molecular formula is C11H15ClN4O. The molecule has 6 heteroatoms. The molecular weight excluding hydrogens is 240 g/mol. The van der Waals surface area contributed by atoms with E-state index in [0.29, 0.717) is 17.0 Å². The molecule has 3 rings (SSSR count). The molecule has 3 unspecified atom stereocenters. The number of nitrogen functional groups attached to an aromatic ring is 1. The second kappa shape index (κ2) is 3.99. The van der Waals surface area contributed by atoms with Gasteiger partial charge in [0.05, 0.1) is 6.10 Å². The van der Waals surface area contributed by atoms with Crippen molar-refractivity contribution in [2.45, 2.75) is 18.9 Å². The molecule has 5 nitrogen and oxygen atoms in total. The van der Waals surface area contributed by atoms with Gasteiger partial charge in [-0.1, -0.05) is 11.6 Å². The zero-order chi connectivity index (χ0) is 12.0. The molecule has 1 saturated carbocycles. The maximum absolute atomic E-state index is 9.86. The van der Waals surface area contributed by atoms with Crippen molar-refractivity contribution < 1.29 is 5.11 Å². The Labute approximate surface area is 105 Å². The largest absolute Gasteiger partial charge is 0.393 e. The monoisotopic (exact) mass is 254 g/mol. The Balaban J connectivity index is 1.82. The number of rotatable bonds is 1. The molecule has 0 radical (unpaired) electrons. The summed E-state index contributed by atoms with van der Waals surface area (Å²) in [5.41, 5.74) is 5.59. The van der Waals surface area contributed by atoms with E-state index in [1.54, 1.807) is 6.07 Å². The van der Waals surface area contributed by atoms with Crippen molar-refractivity contribution in [2.24, 2.45) is 11.8 Å². The van der Waals surface area contributed by atoms with E-state index in [0.717, 1.165) is 31.7 Å². The molecule has 0 amide bonds. The summed E-state index contributed by atoms with van der Waals surface area (Å²) in [5, 5.41) is 10.2. The van der Waals surface area contributed by atoms with Crippen LogP contribution in [-0.4, -0.2) is 34.3 Å². The molecule has 17 heavy (non-hydrogen) atoms. The number of fused-ring (bicyclic) bond motifs is 1. The molecule has 0 aromatic carbocycles. The van der Waals surface area contributed by atoms with Gasteiger partial charge in [0.25, 0.3) is 0 Å². The van der Waals surface area contributed by atoms with Crippen LogP contribution < -0.4 is 10.6 Å². The average molecular weight is 255 g/mol. The van der Waals surface area contributed by atoms with Crippen LogP contribution >= 0.6 is 11.6 Å². The average Bonchev–Trinajstić information content (AvgIpc) is 2.80. The van der Waals surface area contributed by atoms with E-state index in [-0.39, 0.29) is 12.1 Å². The smallest absolute Gasteiger partial charge is 0.223 e. The second-order valence-corrected chi connectivity index (χ2v) is 5.27. The molecule has 0 spiro atoms. The number of nitrogens with two attached hydrogens (primary N) is 1. The summed E-state index contributed by atoms with van der Waals surface area (Å²) in [6.07, 6.45) is 1.85. The van der Waals surface area contributed by atoms with Gasteiger partial charge in [0.15, 0.2) is 0 Å². The van der Waals surface area contributed by atoms with Gasteiger partial charge in [-0.15, -0.1) is 0 Å². The highest BCUT2D eigenvalue weighted by Gasteiger charge is 2.42. The minimum atomic E-state index is -0.167. The fourth-order valence-corrected chi connectivity index (χ4v) is 3.19. The number of hydrogen-bond donors (Lipinski definition) is 2. The Morgan fingerprint density at radius 3 is 2.88 bits per heavy atom. The Morgan fingerprint density at radius 1 is 1.35 bits per heavy atom. The summed E-state index contributed by atoms with van der Waals surface area (Å²) in [5.74, 6) is 1.90. The molecule has 2 fully saturated rings. The summed E-state index contributed by atoms with van der Waals surface area (Å²) in [7, 11) is 0. The third-order valence-electron chi connectivity index (χ3n) is 3.84. The summed E-state index contributed by atoms with van der Waals surface area (Å²) in [6, 6.07) is 1.73. The predicted octanol–water partition coefficient (Wildman–Crippen LogP) is 0.919. The predicted molar refractivity (Wildman–Crippen MR) is 65.9 cm³/mol. The highest BCUT2D eigenvalue weighted by molar-refractivity contribution is 6.29. The Bertz CT molecular complexity index is 421. The van der Waals surface area contributed by atoms with Gasteiger partial charge in [-0.2, -0.15) is 4.98 Å². The first-order chi connectivity index (χ1) is 8.13. The normalized spacial score (nSPS) is 31.9. The molecule has 1 saturated heterocycles. The molecule has 2 aliphatic rings. The Kier molecular flexibility index (Phi) is 2.60. The van der Waals surface area contributed by atoms with Crippen LogP contribution in [0.5, 0.6) is 0 Å². The topological polar surface area (TPSA) is 75.3 Å². The van der Waals surface area contributed by atoms with Crippen molar-refractivity contribution in [3.05, 3.63) is 11.2 Å². The molecule has 1 aromatic rings. The standard InChI is InChI=1S/C11H15ClN4O/c12-9-3-10(15-11(13)14-9)16-4-6-1-2-8(17)7(6)5-16/h3,6-8,17H,1-2,4-5H2,(H2,13,14,15). The van der Waals surface area contributed by atoms with E-state index >= 15 is 0 Å². The van der Waals surface area contributed by atoms with Crippen molar-refractivity contribution in [1.29, 1.82) is 0 Å². The zero-order valence-electron chi connectivity index (χ0n) is 9.38. The van der Waals surface area contributed by atoms with Crippen molar-refractivity contribution in [3.63, 3.8) is 0 Å². The number of nitrogens with zero attached hydrogens (tertiary/aromatic N) is 3. The van der Waals surface area contributed by atoms with Gasteiger partial charge >= 0.3 is 0 Å². The minimum absolute atomic E-state index is 0.167. The quantitative estimate of drug-likeness (QED) is 0.729. The van der Waals surface area contributed by atoms with Gasteiger partial charge in [0.1, 0.15) is 11.0 Å². The molecule has 92 valence electrons. The van der Waals surface area contributed by atoms with Crippen LogP contribution in [-0.2, 0) is 0 Å². The SMILES string of the molecule is Nc1nc(Cl)cc(N2CC3CCC(O)C3C2)n1. The van der Waals surface area contributed by atoms with E-state index in [1.165, 1.54) is 0 Å². The van der Waals surface area contributed by atoms with E-state index < -0.39 is 0 Å². The maximum atomic E-state index is 9.86. The molecule has 1 aliphatic carbocycles. The molecule has 2 heterocycles. The lowest BCUT2D eigenvalue weighted by Crippen LogP contribution is -2.25. The summed E-state index contributed by atoms with van der Waals surface area (Å²) >= 11 is 5.87. The van der Waals surface area contributed by atoms with Crippen molar-refractivity contribution in [2.75, 3.05) is 23.7 Å². The van der Waals surface area contributed by atoms with Crippen LogP contribution in [0.1, 0.15) is 12.8 Å². The van der Waals surface area contributed by atoms with Crippen LogP contribution in [0, 0.1) is 11.8 Å². The summed E-state index contributed by atoms with van der Waals surface area (Å²) in [4.78, 5) is 10.2. The van der Waals surface area contributed by atoms with Gasteiger partial charge in [-0.05, 0) is 18.8 Å². The van der Waals surface area contributed by atoms with Crippen LogP contribution in [0.25, 0.3) is 0 Å². The Hall–Kier alpha value is -1.07. The van der Waals surface area contributed by atoms with E-state index in [4.69, 9.17) is 17.3 Å². The number of anilines is 2. The number of halogens is 1. The molecule has 1 aliphatic heterocycles. The first kappa shape index (κ1) is 11.0. The minimum Gasteiger partial charge on any atom is -0.393 e. The van der Waals surface area contributed by atoms with E-state index in [1.807, 2.05) is 0 Å². The maximum Gasteiger partial charge on any atom is 0.223 e. The van der Waals surface area contributed by atoms with Gasteiger partial charge < -0.3 is 15.7 Å². The number of aromatic nitrogens is 2. The number of hydrogen-bond acceptors (Lipinski definition) is 5. The van der Waals surface area contributed by atoms with Crippen molar-refractivity contribution in [3.8, 4) is 0 Å². The lowest BCUT2D eigenvalue weighted by Gasteiger charge is -2.19. The third kappa shape index (κ3) is 1.93. The van der Waals surface area contributed by atoms with Gasteiger partial charge in [0, 0.05) is 25.1 Å². The fourth-order valence-electron chi connectivity index (χ4n) is 3.01. The van der Waals surface area contributed by atoms with Crippen LogP contribution in [0.15, 0.2) is 6.07 Å². The van der Waals surface area contributed by atoms with Crippen LogP contribution in [0.3, 0.4) is 0 Å². The van der Waals surface area contributed by atoms with Crippen molar-refractivity contribution in [1.82, 2.24) is 9.97 Å². The summed E-state index contributed by atoms with van der Waals surface area (Å²) in [6.45, 7) is 1.76. The lowest BCUT2D eigenvalue weighted by atomic mass is 10.00. The molecule has 3 atom stereocenters. The molecule has 3 N–H and O–H groups in total. The van der Waals surface area contributed by atoms with E-state index in [2.05, 4.69) is 14.9 Å².